The van der Waals surface area contributed by atoms with E-state index in [0.717, 1.165) is 29.6 Å². The lowest BCUT2D eigenvalue weighted by molar-refractivity contribution is -0.121. The molecule has 3 aromatic rings. The summed E-state index contributed by atoms with van der Waals surface area (Å²) in [6, 6.07) is 15.6. The van der Waals surface area contributed by atoms with Crippen LogP contribution in [0.5, 0.6) is 0 Å². The molecule has 0 radical (unpaired) electrons. The Morgan fingerprint density at radius 1 is 0.967 bits per heavy atom. The van der Waals surface area contributed by atoms with E-state index in [1.165, 1.54) is 29.5 Å². The van der Waals surface area contributed by atoms with Gasteiger partial charge in [0.15, 0.2) is 0 Å². The number of anilines is 1. The van der Waals surface area contributed by atoms with Gasteiger partial charge in [0.05, 0.1) is 0 Å². The monoisotopic (exact) mass is 401 g/mol. The average molecular weight is 402 g/mol. The number of piperidine rings is 1. The zero-order valence-corrected chi connectivity index (χ0v) is 17.1. The second kappa shape index (κ2) is 7.98. The fourth-order valence-electron chi connectivity index (χ4n) is 4.83. The van der Waals surface area contributed by atoms with Gasteiger partial charge in [-0.05, 0) is 74.4 Å². The summed E-state index contributed by atoms with van der Waals surface area (Å²) in [6.45, 7) is 1.24. The summed E-state index contributed by atoms with van der Waals surface area (Å²) in [6.07, 6.45) is 6.05. The molecule has 1 aliphatic heterocycles. The largest absolute Gasteiger partial charge is 0.358 e. The second-order valence-corrected chi connectivity index (χ2v) is 8.47. The lowest BCUT2D eigenvalue weighted by atomic mass is 9.94. The van der Waals surface area contributed by atoms with E-state index in [9.17, 15) is 9.59 Å². The predicted octanol–water partition coefficient (Wildman–Crippen LogP) is 4.54. The first-order valence-corrected chi connectivity index (χ1v) is 11.0. The van der Waals surface area contributed by atoms with E-state index in [1.807, 2.05) is 47.4 Å². The topological polar surface area (TPSA) is 65.2 Å². The van der Waals surface area contributed by atoms with E-state index in [4.69, 9.17) is 0 Å². The Hall–Kier alpha value is -3.08. The number of hydrogen-bond donors (Lipinski definition) is 2. The minimum atomic E-state index is -0.0478. The van der Waals surface area contributed by atoms with Crippen LogP contribution in [-0.2, 0) is 17.6 Å². The van der Waals surface area contributed by atoms with Gasteiger partial charge in [-0.25, -0.2) is 0 Å². The molecule has 2 N–H and O–H groups in total. The highest BCUT2D eigenvalue weighted by Crippen LogP contribution is 2.30. The number of nitrogens with one attached hydrogen (secondary N) is 2. The van der Waals surface area contributed by atoms with E-state index < -0.39 is 0 Å². The van der Waals surface area contributed by atoms with Gasteiger partial charge in [0.25, 0.3) is 5.91 Å². The SMILES string of the molecule is O=C(Nc1ccccc1)C1CCN(C(=O)c2ccc3[nH]c4c(c3c2)CCCC4)CC1. The maximum Gasteiger partial charge on any atom is 0.253 e. The van der Waals surface area contributed by atoms with E-state index in [0.29, 0.717) is 25.9 Å². The molecule has 2 amide bonds. The summed E-state index contributed by atoms with van der Waals surface area (Å²) in [7, 11) is 0. The summed E-state index contributed by atoms with van der Waals surface area (Å²) in [5, 5.41) is 4.19. The summed E-state index contributed by atoms with van der Waals surface area (Å²) in [4.78, 5) is 31.1. The number of nitrogens with zero attached hydrogens (tertiary/aromatic N) is 1. The zero-order chi connectivity index (χ0) is 20.5. The molecule has 0 bridgehead atoms. The van der Waals surface area contributed by atoms with Gasteiger partial charge >= 0.3 is 0 Å². The smallest absolute Gasteiger partial charge is 0.253 e. The molecule has 2 aliphatic rings. The maximum absolute atomic E-state index is 13.1. The van der Waals surface area contributed by atoms with Crippen LogP contribution in [0, 0.1) is 5.92 Å². The van der Waals surface area contributed by atoms with Crippen LogP contribution in [0.3, 0.4) is 0 Å². The first kappa shape index (κ1) is 18.9. The van der Waals surface area contributed by atoms with Crippen molar-refractivity contribution >= 4 is 28.4 Å². The Morgan fingerprint density at radius 3 is 2.53 bits per heavy atom. The van der Waals surface area contributed by atoms with Crippen molar-refractivity contribution < 1.29 is 9.59 Å². The number of amides is 2. The Balaban J connectivity index is 1.25. The fraction of sp³-hybridized carbons (Fsp3) is 0.360. The Morgan fingerprint density at radius 2 is 1.73 bits per heavy atom. The van der Waals surface area contributed by atoms with Crippen molar-refractivity contribution in [1.82, 2.24) is 9.88 Å². The van der Waals surface area contributed by atoms with Crippen molar-refractivity contribution in [1.29, 1.82) is 0 Å². The highest BCUT2D eigenvalue weighted by molar-refractivity contribution is 5.99. The van der Waals surface area contributed by atoms with Gasteiger partial charge < -0.3 is 15.2 Å². The lowest BCUT2D eigenvalue weighted by Crippen LogP contribution is -2.41. The van der Waals surface area contributed by atoms with Crippen LogP contribution in [0.1, 0.15) is 47.3 Å². The predicted molar refractivity (Wildman–Crippen MR) is 119 cm³/mol. The van der Waals surface area contributed by atoms with Crippen LogP contribution < -0.4 is 5.32 Å². The Labute approximate surface area is 176 Å². The molecule has 1 saturated heterocycles. The zero-order valence-electron chi connectivity index (χ0n) is 17.1. The van der Waals surface area contributed by atoms with Crippen molar-refractivity contribution in [3.63, 3.8) is 0 Å². The van der Waals surface area contributed by atoms with Crippen LogP contribution in [-0.4, -0.2) is 34.8 Å². The maximum atomic E-state index is 13.1. The molecule has 30 heavy (non-hydrogen) atoms. The van der Waals surface area contributed by atoms with Crippen molar-refractivity contribution in [3.05, 3.63) is 65.4 Å². The molecule has 1 aromatic heterocycles. The molecule has 2 aromatic carbocycles. The first-order valence-electron chi connectivity index (χ1n) is 11.0. The fourth-order valence-corrected chi connectivity index (χ4v) is 4.83. The highest BCUT2D eigenvalue weighted by atomic mass is 16.2. The van der Waals surface area contributed by atoms with E-state index in [1.54, 1.807) is 0 Å². The molecule has 5 nitrogen and oxygen atoms in total. The summed E-state index contributed by atoms with van der Waals surface area (Å²) in [5.41, 5.74) is 5.44. The van der Waals surface area contributed by atoms with Crippen molar-refractivity contribution in [2.24, 2.45) is 5.92 Å². The molecule has 0 saturated carbocycles. The molecule has 0 unspecified atom stereocenters. The van der Waals surface area contributed by atoms with Gasteiger partial charge in [0, 0.05) is 46.9 Å². The van der Waals surface area contributed by atoms with Crippen molar-refractivity contribution in [2.75, 3.05) is 18.4 Å². The number of carbonyl (C=O) groups excluding carboxylic acids is 2. The number of aromatic amines is 1. The van der Waals surface area contributed by atoms with E-state index >= 15 is 0 Å². The number of hydrogen-bond acceptors (Lipinski definition) is 2. The van der Waals surface area contributed by atoms with Gasteiger partial charge in [-0.3, -0.25) is 9.59 Å². The number of rotatable bonds is 3. The standard InChI is InChI=1S/C25H27N3O2/c29-24(26-19-6-2-1-3-7-19)17-12-14-28(15-13-17)25(30)18-10-11-23-21(16-18)20-8-4-5-9-22(20)27-23/h1-3,6-7,10-11,16-17,27H,4-5,8-9,12-15H2,(H,26,29). The number of benzene rings is 2. The number of aromatic nitrogens is 1. The molecule has 5 heteroatoms. The number of para-hydroxylation sites is 1. The molecular weight excluding hydrogens is 374 g/mol. The minimum Gasteiger partial charge on any atom is -0.358 e. The molecule has 2 heterocycles. The number of carbonyl (C=O) groups is 2. The van der Waals surface area contributed by atoms with Gasteiger partial charge in [0.1, 0.15) is 0 Å². The average Bonchev–Trinajstić information content (AvgIpc) is 3.17. The second-order valence-electron chi connectivity index (χ2n) is 8.47. The van der Waals surface area contributed by atoms with Gasteiger partial charge in [-0.15, -0.1) is 0 Å². The minimum absolute atomic E-state index is 0.0478. The molecule has 0 atom stereocenters. The molecule has 5 rings (SSSR count). The number of fused-ring (bicyclic) bond motifs is 3. The summed E-state index contributed by atoms with van der Waals surface area (Å²) in [5.74, 6) is 0.0756. The lowest BCUT2D eigenvalue weighted by Gasteiger charge is -2.31. The van der Waals surface area contributed by atoms with Crippen LogP contribution in [0.15, 0.2) is 48.5 Å². The summed E-state index contributed by atoms with van der Waals surface area (Å²) >= 11 is 0. The van der Waals surface area contributed by atoms with Gasteiger partial charge in [-0.2, -0.15) is 0 Å². The van der Waals surface area contributed by atoms with Crippen LogP contribution in [0.2, 0.25) is 0 Å². The highest BCUT2D eigenvalue weighted by Gasteiger charge is 2.28. The van der Waals surface area contributed by atoms with Gasteiger partial charge in [-0.1, -0.05) is 18.2 Å². The molecular formula is C25H27N3O2. The van der Waals surface area contributed by atoms with Crippen LogP contribution in [0.4, 0.5) is 5.69 Å². The van der Waals surface area contributed by atoms with Crippen molar-refractivity contribution in [3.8, 4) is 0 Å². The molecule has 154 valence electrons. The number of aryl methyl sites for hydroxylation is 2. The third-order valence-electron chi connectivity index (χ3n) is 6.54. The third-order valence-corrected chi connectivity index (χ3v) is 6.54. The van der Waals surface area contributed by atoms with Crippen LogP contribution in [0.25, 0.3) is 10.9 Å². The van der Waals surface area contributed by atoms with E-state index in [2.05, 4.69) is 16.4 Å². The Bertz CT molecular complexity index is 1080. The molecule has 1 fully saturated rings. The third kappa shape index (κ3) is 3.60. The Kier molecular flexibility index (Phi) is 5.03. The van der Waals surface area contributed by atoms with Crippen molar-refractivity contribution in [2.45, 2.75) is 38.5 Å². The number of likely N-dealkylation sites (tertiary alicyclic amines) is 1. The normalized spacial score (nSPS) is 17.0. The molecule has 1 aliphatic carbocycles. The molecule has 0 spiro atoms. The number of H-pyrrole nitrogens is 1. The van der Waals surface area contributed by atoms with Gasteiger partial charge in [0.2, 0.25) is 5.91 Å². The quantitative estimate of drug-likeness (QED) is 0.677. The first-order chi connectivity index (χ1) is 14.7. The summed E-state index contributed by atoms with van der Waals surface area (Å²) < 4.78 is 0. The van der Waals surface area contributed by atoms with Crippen LogP contribution >= 0.6 is 0 Å². The van der Waals surface area contributed by atoms with E-state index in [-0.39, 0.29) is 17.7 Å².